The Morgan fingerprint density at radius 2 is 2.18 bits per heavy atom. The van der Waals surface area contributed by atoms with E-state index in [0.29, 0.717) is 13.1 Å². The molecule has 0 saturated carbocycles. The fraction of sp³-hybridized carbons (Fsp3) is 0.250. The van der Waals surface area contributed by atoms with Gasteiger partial charge in [0, 0.05) is 24.0 Å². The van der Waals surface area contributed by atoms with Gasteiger partial charge in [0.25, 0.3) is 0 Å². The number of hydrogen-bond acceptors (Lipinski definition) is 4. The van der Waals surface area contributed by atoms with Crippen LogP contribution in [0.1, 0.15) is 11.4 Å². The minimum absolute atomic E-state index is 0.0460. The molecule has 22 heavy (non-hydrogen) atoms. The number of imidazole rings is 1. The van der Waals surface area contributed by atoms with E-state index < -0.39 is 0 Å². The van der Waals surface area contributed by atoms with Gasteiger partial charge in [-0.3, -0.25) is 0 Å². The molecular weight excluding hydrogens is 278 g/mol. The van der Waals surface area contributed by atoms with Crippen molar-refractivity contribution in [3.05, 3.63) is 54.1 Å². The van der Waals surface area contributed by atoms with Crippen LogP contribution in [-0.2, 0) is 13.1 Å². The average Bonchev–Trinajstić information content (AvgIpc) is 3.16. The van der Waals surface area contributed by atoms with E-state index in [0.717, 1.165) is 22.9 Å². The highest BCUT2D eigenvalue weighted by Crippen LogP contribution is 2.25. The lowest BCUT2D eigenvalue weighted by molar-refractivity contribution is 0.270. The molecule has 0 spiro atoms. The summed E-state index contributed by atoms with van der Waals surface area (Å²) in [7, 11) is 0. The van der Waals surface area contributed by atoms with Gasteiger partial charge in [-0.05, 0) is 12.5 Å². The summed E-state index contributed by atoms with van der Waals surface area (Å²) in [5.74, 6) is 1.72. The van der Waals surface area contributed by atoms with Gasteiger partial charge >= 0.3 is 0 Å². The van der Waals surface area contributed by atoms with Crippen LogP contribution in [0.2, 0.25) is 0 Å². The number of anilines is 1. The average molecular weight is 297 g/mol. The van der Waals surface area contributed by atoms with Crippen molar-refractivity contribution >= 4 is 5.82 Å². The van der Waals surface area contributed by atoms with Gasteiger partial charge in [0.05, 0.1) is 25.4 Å². The second kappa shape index (κ2) is 6.44. The third kappa shape index (κ3) is 3.01. The number of aryl methyl sites for hydroxylation is 1. The fourth-order valence-corrected chi connectivity index (χ4v) is 2.39. The number of nitrogens with one attached hydrogen (secondary N) is 2. The van der Waals surface area contributed by atoms with E-state index in [9.17, 15) is 5.11 Å². The number of aliphatic hydroxyl groups is 1. The summed E-state index contributed by atoms with van der Waals surface area (Å²) >= 11 is 0. The molecule has 3 N–H and O–H groups in total. The largest absolute Gasteiger partial charge is 0.394 e. The number of aromatic nitrogens is 4. The second-order valence-electron chi connectivity index (χ2n) is 5.07. The molecule has 3 rings (SSSR count). The third-order valence-corrected chi connectivity index (χ3v) is 3.50. The molecule has 6 heteroatoms. The number of aliphatic hydroxyl groups excluding tert-OH is 1. The van der Waals surface area contributed by atoms with Gasteiger partial charge in [-0.2, -0.15) is 5.10 Å². The maximum Gasteiger partial charge on any atom is 0.125 e. The lowest BCUT2D eigenvalue weighted by Crippen LogP contribution is -2.10. The number of hydrogen-bond donors (Lipinski definition) is 3. The van der Waals surface area contributed by atoms with Crippen LogP contribution in [0.15, 0.2) is 42.7 Å². The van der Waals surface area contributed by atoms with E-state index in [4.69, 9.17) is 0 Å². The van der Waals surface area contributed by atoms with Crippen LogP contribution < -0.4 is 5.32 Å². The van der Waals surface area contributed by atoms with Crippen LogP contribution in [0.5, 0.6) is 0 Å². The Bertz CT molecular complexity index is 733. The van der Waals surface area contributed by atoms with Gasteiger partial charge in [-0.25, -0.2) is 9.67 Å². The highest BCUT2D eigenvalue weighted by molar-refractivity contribution is 5.66. The first kappa shape index (κ1) is 14.3. The van der Waals surface area contributed by atoms with Gasteiger partial charge in [0.15, 0.2) is 0 Å². The molecule has 0 amide bonds. The second-order valence-corrected chi connectivity index (χ2v) is 5.07. The van der Waals surface area contributed by atoms with E-state index in [1.54, 1.807) is 17.1 Å². The SMILES string of the molecule is Cc1ccccc1-c1cc(NCc2ncc[nH]2)n(CCO)n1. The highest BCUT2D eigenvalue weighted by Gasteiger charge is 2.11. The van der Waals surface area contributed by atoms with Crippen LogP contribution >= 0.6 is 0 Å². The van der Waals surface area contributed by atoms with E-state index in [1.807, 2.05) is 18.2 Å². The molecule has 6 nitrogen and oxygen atoms in total. The summed E-state index contributed by atoms with van der Waals surface area (Å²) in [5.41, 5.74) is 3.17. The maximum atomic E-state index is 9.22. The van der Waals surface area contributed by atoms with Crippen molar-refractivity contribution in [1.82, 2.24) is 19.7 Å². The number of nitrogens with zero attached hydrogens (tertiary/aromatic N) is 3. The lowest BCUT2D eigenvalue weighted by atomic mass is 10.1. The van der Waals surface area contributed by atoms with Crippen molar-refractivity contribution in [3.63, 3.8) is 0 Å². The lowest BCUT2D eigenvalue weighted by Gasteiger charge is -2.06. The minimum atomic E-state index is 0.0460. The van der Waals surface area contributed by atoms with E-state index >= 15 is 0 Å². The summed E-state index contributed by atoms with van der Waals surface area (Å²) < 4.78 is 1.78. The predicted molar refractivity (Wildman–Crippen MR) is 85.4 cm³/mol. The Morgan fingerprint density at radius 1 is 1.32 bits per heavy atom. The van der Waals surface area contributed by atoms with Crippen LogP contribution in [0.4, 0.5) is 5.82 Å². The summed E-state index contributed by atoms with van der Waals surface area (Å²) in [6.07, 6.45) is 3.52. The zero-order valence-electron chi connectivity index (χ0n) is 12.5. The molecule has 3 aromatic rings. The summed E-state index contributed by atoms with van der Waals surface area (Å²) in [6.45, 7) is 3.14. The summed E-state index contributed by atoms with van der Waals surface area (Å²) in [4.78, 5) is 7.24. The van der Waals surface area contributed by atoms with Crippen molar-refractivity contribution in [2.45, 2.75) is 20.0 Å². The smallest absolute Gasteiger partial charge is 0.125 e. The Labute approximate surface area is 128 Å². The third-order valence-electron chi connectivity index (χ3n) is 3.50. The van der Waals surface area contributed by atoms with Crippen molar-refractivity contribution in [1.29, 1.82) is 0 Å². The molecule has 0 aliphatic rings. The summed E-state index contributed by atoms with van der Waals surface area (Å²) in [5, 5.41) is 17.1. The fourth-order valence-electron chi connectivity index (χ4n) is 2.39. The zero-order valence-corrected chi connectivity index (χ0v) is 12.5. The molecule has 1 aromatic carbocycles. The van der Waals surface area contributed by atoms with Gasteiger partial charge < -0.3 is 15.4 Å². The molecule has 2 heterocycles. The molecule has 0 aliphatic carbocycles. The summed E-state index contributed by atoms with van der Waals surface area (Å²) in [6, 6.07) is 10.1. The maximum absolute atomic E-state index is 9.22. The number of rotatable bonds is 6. The van der Waals surface area contributed by atoms with Gasteiger partial charge in [-0.1, -0.05) is 24.3 Å². The molecule has 2 aromatic heterocycles. The first-order chi connectivity index (χ1) is 10.8. The molecule has 0 fully saturated rings. The Balaban J connectivity index is 1.87. The van der Waals surface area contributed by atoms with Crippen molar-refractivity contribution in [2.24, 2.45) is 0 Å². The molecule has 0 bridgehead atoms. The number of H-pyrrole nitrogens is 1. The van der Waals surface area contributed by atoms with Crippen LogP contribution in [0, 0.1) is 6.92 Å². The van der Waals surface area contributed by atoms with Crippen LogP contribution in [0.25, 0.3) is 11.3 Å². The molecule has 0 unspecified atom stereocenters. The first-order valence-corrected chi connectivity index (χ1v) is 7.25. The molecular formula is C16H19N5O. The normalized spacial score (nSPS) is 10.8. The molecule has 0 aliphatic heterocycles. The topological polar surface area (TPSA) is 78.8 Å². The van der Waals surface area contributed by atoms with E-state index in [1.165, 1.54) is 5.56 Å². The Hall–Kier alpha value is -2.60. The number of benzene rings is 1. The van der Waals surface area contributed by atoms with E-state index in [2.05, 4.69) is 39.4 Å². The number of aromatic amines is 1. The van der Waals surface area contributed by atoms with Crippen LogP contribution in [0.3, 0.4) is 0 Å². The zero-order chi connectivity index (χ0) is 15.4. The monoisotopic (exact) mass is 297 g/mol. The first-order valence-electron chi connectivity index (χ1n) is 7.25. The minimum Gasteiger partial charge on any atom is -0.394 e. The molecule has 0 saturated heterocycles. The van der Waals surface area contributed by atoms with E-state index in [-0.39, 0.29) is 6.61 Å². The molecule has 0 atom stereocenters. The Morgan fingerprint density at radius 3 is 2.91 bits per heavy atom. The standard InChI is InChI=1S/C16H19N5O/c1-12-4-2-3-5-13(12)14-10-16(21(20-14)8-9-22)19-11-15-17-6-7-18-15/h2-7,10,19,22H,8-9,11H2,1H3,(H,17,18). The van der Waals surface area contributed by atoms with Crippen molar-refractivity contribution in [2.75, 3.05) is 11.9 Å². The van der Waals surface area contributed by atoms with Crippen molar-refractivity contribution < 1.29 is 5.11 Å². The highest BCUT2D eigenvalue weighted by atomic mass is 16.3. The quantitative estimate of drug-likeness (QED) is 0.651. The van der Waals surface area contributed by atoms with Gasteiger partial charge in [0.2, 0.25) is 0 Å². The molecule has 0 radical (unpaired) electrons. The Kier molecular flexibility index (Phi) is 4.20. The van der Waals surface area contributed by atoms with Crippen molar-refractivity contribution in [3.8, 4) is 11.3 Å². The van der Waals surface area contributed by atoms with Gasteiger partial charge in [-0.15, -0.1) is 0 Å². The predicted octanol–water partition coefficient (Wildman–Crippen LogP) is 2.19. The molecule has 114 valence electrons. The van der Waals surface area contributed by atoms with Gasteiger partial charge in [0.1, 0.15) is 11.6 Å². The van der Waals surface area contributed by atoms with Crippen LogP contribution in [-0.4, -0.2) is 31.5 Å².